The summed E-state index contributed by atoms with van der Waals surface area (Å²) in [6.45, 7) is 0.0402. The van der Waals surface area contributed by atoms with Crippen molar-refractivity contribution in [2.24, 2.45) is 10.9 Å². The van der Waals surface area contributed by atoms with E-state index in [1.54, 1.807) is 30.5 Å². The fourth-order valence-electron chi connectivity index (χ4n) is 4.18. The van der Waals surface area contributed by atoms with Crippen LogP contribution >= 0.6 is 11.8 Å². The van der Waals surface area contributed by atoms with Crippen molar-refractivity contribution in [3.63, 3.8) is 0 Å². The predicted octanol–water partition coefficient (Wildman–Crippen LogP) is 4.46. The Kier molecular flexibility index (Phi) is 5.52. The van der Waals surface area contributed by atoms with E-state index in [2.05, 4.69) is 10.3 Å². The molecule has 0 bridgehead atoms. The molecule has 0 aliphatic carbocycles. The molecule has 0 saturated carbocycles. The first-order valence-electron chi connectivity index (χ1n) is 10.1. The second-order valence-corrected chi connectivity index (χ2v) is 8.71. The zero-order valence-electron chi connectivity index (χ0n) is 16.8. The maximum Gasteiger partial charge on any atom is 0.257 e. The van der Waals surface area contributed by atoms with Crippen LogP contribution < -0.4 is 5.32 Å². The topological polar surface area (TPSA) is 76.7 Å². The maximum atomic E-state index is 14.9. The average Bonchev–Trinajstić information content (AvgIpc) is 3.34. The van der Waals surface area contributed by atoms with E-state index in [4.69, 9.17) is 14.1 Å². The number of nitrogens with one attached hydrogen (secondary N) is 1. The molecule has 1 fully saturated rings. The number of aromatic nitrogens is 1. The Morgan fingerprint density at radius 3 is 2.78 bits per heavy atom. The van der Waals surface area contributed by atoms with Crippen LogP contribution in [0, 0.1) is 17.6 Å². The SMILES string of the molecule is O=C(NC1=N[C@@]2(c3ccc(F)cc3F)CO[C@@H](c3ncco3)C[C@H]2CS1)c1ccccc1. The van der Waals surface area contributed by atoms with E-state index < -0.39 is 17.2 Å². The fourth-order valence-corrected chi connectivity index (χ4v) is 5.34. The van der Waals surface area contributed by atoms with Crippen molar-refractivity contribution >= 4 is 22.8 Å². The van der Waals surface area contributed by atoms with Gasteiger partial charge in [-0.25, -0.2) is 18.8 Å². The third-order valence-corrected chi connectivity index (χ3v) is 6.82. The van der Waals surface area contributed by atoms with Crippen molar-refractivity contribution in [2.75, 3.05) is 12.4 Å². The lowest BCUT2D eigenvalue weighted by Crippen LogP contribution is -2.49. The molecule has 1 aromatic heterocycles. The van der Waals surface area contributed by atoms with E-state index in [1.807, 2.05) is 6.07 Å². The van der Waals surface area contributed by atoms with Crippen molar-refractivity contribution in [2.45, 2.75) is 18.1 Å². The molecule has 2 aromatic carbocycles. The van der Waals surface area contributed by atoms with Crippen LogP contribution in [0.3, 0.4) is 0 Å². The third-order valence-electron chi connectivity index (χ3n) is 5.78. The highest BCUT2D eigenvalue weighted by molar-refractivity contribution is 8.13. The van der Waals surface area contributed by atoms with Crippen LogP contribution in [-0.4, -0.2) is 28.4 Å². The number of carbonyl (C=O) groups is 1. The maximum absolute atomic E-state index is 14.9. The van der Waals surface area contributed by atoms with Gasteiger partial charge in [-0.15, -0.1) is 0 Å². The number of hydrogen-bond acceptors (Lipinski definition) is 6. The van der Waals surface area contributed by atoms with Gasteiger partial charge in [-0.05, 0) is 24.6 Å². The molecule has 164 valence electrons. The molecular formula is C23H19F2N3O3S. The molecule has 5 rings (SSSR count). The van der Waals surface area contributed by atoms with Crippen molar-refractivity contribution in [3.05, 3.63) is 89.6 Å². The molecule has 3 atom stereocenters. The summed E-state index contributed by atoms with van der Waals surface area (Å²) < 4.78 is 40.0. The van der Waals surface area contributed by atoms with E-state index in [-0.39, 0.29) is 30.1 Å². The first-order chi connectivity index (χ1) is 15.5. The van der Waals surface area contributed by atoms with Crippen LogP contribution in [-0.2, 0) is 10.3 Å². The summed E-state index contributed by atoms with van der Waals surface area (Å²) in [7, 11) is 0. The smallest absolute Gasteiger partial charge is 0.257 e. The standard InChI is InChI=1S/C23H19F2N3O3S/c24-16-6-7-17(18(25)11-16)23-13-31-19(21-26-8-9-30-21)10-15(23)12-32-22(28-23)27-20(29)14-4-2-1-3-5-14/h1-9,11,15,19H,10,12-13H2,(H,27,28,29)/t15-,19+,23-/m0/s1. The van der Waals surface area contributed by atoms with Crippen LogP contribution in [0.15, 0.2) is 70.4 Å². The highest BCUT2D eigenvalue weighted by Gasteiger charge is 2.50. The number of halogens is 2. The number of nitrogens with zero attached hydrogens (tertiary/aromatic N) is 2. The molecule has 1 amide bonds. The quantitative estimate of drug-likeness (QED) is 0.631. The molecule has 2 aliphatic rings. The molecule has 1 saturated heterocycles. The highest BCUT2D eigenvalue weighted by atomic mass is 32.2. The van der Waals surface area contributed by atoms with Gasteiger partial charge >= 0.3 is 0 Å². The number of benzene rings is 2. The molecule has 0 unspecified atom stereocenters. The Bertz CT molecular complexity index is 1160. The number of amides is 1. The van der Waals surface area contributed by atoms with Crippen LogP contribution in [0.25, 0.3) is 0 Å². The number of thioether (sulfide) groups is 1. The average molecular weight is 455 g/mol. The lowest BCUT2D eigenvalue weighted by Gasteiger charge is -2.46. The summed E-state index contributed by atoms with van der Waals surface area (Å²) >= 11 is 1.39. The minimum Gasteiger partial charge on any atom is -0.446 e. The van der Waals surface area contributed by atoms with E-state index >= 15 is 0 Å². The normalized spacial score (nSPS) is 25.0. The van der Waals surface area contributed by atoms with Crippen molar-refractivity contribution < 1.29 is 22.7 Å². The Labute approximate surface area is 187 Å². The summed E-state index contributed by atoms with van der Waals surface area (Å²) in [5.41, 5.74) is -0.379. The summed E-state index contributed by atoms with van der Waals surface area (Å²) in [5, 5.41) is 3.20. The summed E-state index contributed by atoms with van der Waals surface area (Å²) in [6, 6.07) is 12.2. The fraction of sp³-hybridized carbons (Fsp3) is 0.261. The summed E-state index contributed by atoms with van der Waals surface area (Å²) in [6.07, 6.45) is 3.13. The van der Waals surface area contributed by atoms with Gasteiger partial charge in [0.25, 0.3) is 5.91 Å². The zero-order chi connectivity index (χ0) is 22.1. The molecule has 3 heterocycles. The van der Waals surface area contributed by atoms with Crippen molar-refractivity contribution in [1.29, 1.82) is 0 Å². The van der Waals surface area contributed by atoms with Gasteiger partial charge in [0.1, 0.15) is 29.5 Å². The zero-order valence-corrected chi connectivity index (χ0v) is 17.6. The molecule has 0 spiro atoms. The molecule has 3 aromatic rings. The van der Waals surface area contributed by atoms with Crippen LogP contribution in [0.2, 0.25) is 0 Å². The molecule has 6 nitrogen and oxygen atoms in total. The van der Waals surface area contributed by atoms with Gasteiger partial charge in [0.15, 0.2) is 5.17 Å². The molecule has 9 heteroatoms. The van der Waals surface area contributed by atoms with E-state index in [0.29, 0.717) is 28.8 Å². The van der Waals surface area contributed by atoms with Crippen LogP contribution in [0.5, 0.6) is 0 Å². The molecule has 32 heavy (non-hydrogen) atoms. The number of carbonyl (C=O) groups excluding carboxylic acids is 1. The number of oxazole rings is 1. The van der Waals surface area contributed by atoms with Crippen LogP contribution in [0.4, 0.5) is 8.78 Å². The minimum absolute atomic E-state index is 0.0402. The number of hydrogen-bond donors (Lipinski definition) is 1. The minimum atomic E-state index is -1.11. The third kappa shape index (κ3) is 3.82. The molecule has 2 aliphatic heterocycles. The van der Waals surface area contributed by atoms with Crippen molar-refractivity contribution in [3.8, 4) is 0 Å². The van der Waals surface area contributed by atoms with Gasteiger partial charge in [0.05, 0.1) is 12.8 Å². The number of aliphatic imine (C=N–C) groups is 1. The Morgan fingerprint density at radius 1 is 1.19 bits per heavy atom. The van der Waals surface area contributed by atoms with Gasteiger partial charge < -0.3 is 14.5 Å². The van der Waals surface area contributed by atoms with Gasteiger partial charge in [0.2, 0.25) is 5.89 Å². The first kappa shape index (κ1) is 20.8. The van der Waals surface area contributed by atoms with Gasteiger partial charge in [-0.1, -0.05) is 36.0 Å². The number of ether oxygens (including phenoxy) is 1. The molecule has 0 radical (unpaired) electrons. The van der Waals surface area contributed by atoms with Crippen molar-refractivity contribution in [1.82, 2.24) is 10.3 Å². The summed E-state index contributed by atoms with van der Waals surface area (Å²) in [4.78, 5) is 21.6. The second kappa shape index (κ2) is 8.48. The van der Waals surface area contributed by atoms with E-state index in [9.17, 15) is 13.6 Å². The van der Waals surface area contributed by atoms with Gasteiger partial charge in [-0.3, -0.25) is 4.79 Å². The second-order valence-electron chi connectivity index (χ2n) is 7.70. The monoisotopic (exact) mass is 455 g/mol. The largest absolute Gasteiger partial charge is 0.446 e. The van der Waals surface area contributed by atoms with E-state index in [1.165, 1.54) is 30.2 Å². The molecule has 1 N–H and O–H groups in total. The van der Waals surface area contributed by atoms with E-state index in [0.717, 1.165) is 6.07 Å². The Hall–Kier alpha value is -3.04. The highest BCUT2D eigenvalue weighted by Crippen LogP contribution is 2.49. The number of amidine groups is 1. The lowest BCUT2D eigenvalue weighted by atomic mass is 9.75. The molecular weight excluding hydrogens is 436 g/mol. The summed E-state index contributed by atoms with van der Waals surface area (Å²) in [5.74, 6) is -0.797. The number of fused-ring (bicyclic) bond motifs is 1. The van der Waals surface area contributed by atoms with Crippen LogP contribution in [0.1, 0.15) is 34.3 Å². The first-order valence-corrected chi connectivity index (χ1v) is 11.1. The lowest BCUT2D eigenvalue weighted by molar-refractivity contribution is -0.0698. The Morgan fingerprint density at radius 2 is 2.03 bits per heavy atom. The Balaban J connectivity index is 1.50. The van der Waals surface area contributed by atoms with Gasteiger partial charge in [0, 0.05) is 28.9 Å². The number of rotatable bonds is 3. The van der Waals surface area contributed by atoms with Gasteiger partial charge in [-0.2, -0.15) is 0 Å². The predicted molar refractivity (Wildman–Crippen MR) is 115 cm³/mol.